The Balaban J connectivity index is 1.45. The molecule has 0 aliphatic carbocycles. The van der Waals surface area contributed by atoms with E-state index in [0.717, 1.165) is 16.8 Å². The minimum atomic E-state index is 0.293. The van der Waals surface area contributed by atoms with E-state index in [0.29, 0.717) is 29.0 Å². The van der Waals surface area contributed by atoms with E-state index in [1.165, 1.54) is 4.68 Å². The molecule has 0 aliphatic rings. The molecule has 8 heteroatoms. The van der Waals surface area contributed by atoms with Crippen LogP contribution in [0.4, 0.5) is 5.82 Å². The average Bonchev–Trinajstić information content (AvgIpc) is 3.42. The van der Waals surface area contributed by atoms with E-state index in [1.807, 2.05) is 72.8 Å². The summed E-state index contributed by atoms with van der Waals surface area (Å²) in [6.45, 7) is 0. The zero-order valence-electron chi connectivity index (χ0n) is 15.2. The molecule has 140 valence electrons. The van der Waals surface area contributed by atoms with Gasteiger partial charge < -0.3 is 10.2 Å². The number of nitrogens with two attached hydrogens (primary N) is 1. The summed E-state index contributed by atoms with van der Waals surface area (Å²) in [4.78, 5) is 0. The third-order valence-corrected chi connectivity index (χ3v) is 4.42. The highest BCUT2D eigenvalue weighted by Gasteiger charge is 2.18. The molecule has 5 aromatic rings. The number of nitrogen functional groups attached to an aromatic ring is 1. The standard InChI is InChI=1S/C21H15N7O/c22-19-16(21-27-26-20(29-21)15-9-5-2-6-10-15)13-23-28(19)18-12-11-17(24-25-18)14-7-3-1-4-8-14/h1-13H,22H2. The summed E-state index contributed by atoms with van der Waals surface area (Å²) in [5.74, 6) is 1.55. The van der Waals surface area contributed by atoms with E-state index in [4.69, 9.17) is 10.2 Å². The first kappa shape index (κ1) is 16.8. The van der Waals surface area contributed by atoms with Gasteiger partial charge in [0.2, 0.25) is 5.89 Å². The Hall–Kier alpha value is -4.33. The molecule has 0 amide bonds. The van der Waals surface area contributed by atoms with Gasteiger partial charge >= 0.3 is 0 Å². The fraction of sp³-hybridized carbons (Fsp3) is 0. The van der Waals surface area contributed by atoms with Gasteiger partial charge in [0.1, 0.15) is 11.4 Å². The van der Waals surface area contributed by atoms with Gasteiger partial charge in [-0.3, -0.25) is 0 Å². The molecule has 29 heavy (non-hydrogen) atoms. The Morgan fingerprint density at radius 1 is 0.690 bits per heavy atom. The summed E-state index contributed by atoms with van der Waals surface area (Å²) < 4.78 is 7.26. The first-order valence-corrected chi connectivity index (χ1v) is 8.92. The molecule has 2 aromatic carbocycles. The average molecular weight is 381 g/mol. The van der Waals surface area contributed by atoms with Crippen LogP contribution >= 0.6 is 0 Å². The quantitative estimate of drug-likeness (QED) is 0.506. The summed E-state index contributed by atoms with van der Waals surface area (Å²) in [5, 5.41) is 21.0. The summed E-state index contributed by atoms with van der Waals surface area (Å²) in [7, 11) is 0. The van der Waals surface area contributed by atoms with Crippen molar-refractivity contribution in [2.45, 2.75) is 0 Å². The molecule has 0 saturated carbocycles. The van der Waals surface area contributed by atoms with Gasteiger partial charge in [0.05, 0.1) is 11.9 Å². The van der Waals surface area contributed by atoms with Crippen molar-refractivity contribution in [3.05, 3.63) is 79.0 Å². The fourth-order valence-corrected chi connectivity index (χ4v) is 2.94. The predicted molar refractivity (Wildman–Crippen MR) is 108 cm³/mol. The number of hydrogen-bond acceptors (Lipinski definition) is 7. The topological polar surface area (TPSA) is 109 Å². The second kappa shape index (κ2) is 7.01. The Morgan fingerprint density at radius 3 is 2.07 bits per heavy atom. The molecule has 0 spiro atoms. The van der Waals surface area contributed by atoms with Crippen LogP contribution in [0.15, 0.2) is 83.4 Å². The number of hydrogen-bond donors (Lipinski definition) is 1. The summed E-state index contributed by atoms with van der Waals surface area (Å²) in [5.41, 5.74) is 9.39. The van der Waals surface area contributed by atoms with Gasteiger partial charge in [-0.25, -0.2) is 0 Å². The van der Waals surface area contributed by atoms with Gasteiger partial charge in [-0.05, 0) is 24.3 Å². The number of nitrogens with zero attached hydrogens (tertiary/aromatic N) is 6. The van der Waals surface area contributed by atoms with Crippen LogP contribution in [0, 0.1) is 0 Å². The zero-order chi connectivity index (χ0) is 19.6. The minimum absolute atomic E-state index is 0.293. The second-order valence-electron chi connectivity index (χ2n) is 6.28. The first-order chi connectivity index (χ1) is 14.3. The van der Waals surface area contributed by atoms with E-state index < -0.39 is 0 Å². The van der Waals surface area contributed by atoms with Gasteiger partial charge in [0.25, 0.3) is 5.89 Å². The Kier molecular flexibility index (Phi) is 4.06. The normalized spacial score (nSPS) is 10.9. The van der Waals surface area contributed by atoms with Gasteiger partial charge in [0, 0.05) is 11.1 Å². The number of benzene rings is 2. The molecule has 8 nitrogen and oxygen atoms in total. The molecule has 0 bridgehead atoms. The molecule has 0 unspecified atom stereocenters. The molecule has 0 radical (unpaired) electrons. The molecule has 0 fully saturated rings. The van der Waals surface area contributed by atoms with E-state index in [1.54, 1.807) is 6.20 Å². The lowest BCUT2D eigenvalue weighted by Gasteiger charge is -2.04. The van der Waals surface area contributed by atoms with Crippen LogP contribution in [-0.2, 0) is 0 Å². The summed E-state index contributed by atoms with van der Waals surface area (Å²) in [6.07, 6.45) is 1.57. The van der Waals surface area contributed by atoms with Crippen LogP contribution in [0.3, 0.4) is 0 Å². The first-order valence-electron chi connectivity index (χ1n) is 8.92. The van der Waals surface area contributed by atoms with Crippen molar-refractivity contribution in [1.29, 1.82) is 0 Å². The maximum atomic E-state index is 6.27. The van der Waals surface area contributed by atoms with Crippen LogP contribution in [0.25, 0.3) is 40.0 Å². The molecule has 3 heterocycles. The van der Waals surface area contributed by atoms with Crippen LogP contribution in [0.1, 0.15) is 0 Å². The maximum Gasteiger partial charge on any atom is 0.253 e. The summed E-state index contributed by atoms with van der Waals surface area (Å²) >= 11 is 0. The fourth-order valence-electron chi connectivity index (χ4n) is 2.94. The van der Waals surface area contributed by atoms with Crippen molar-refractivity contribution < 1.29 is 4.42 Å². The number of aromatic nitrogens is 6. The van der Waals surface area contributed by atoms with E-state index >= 15 is 0 Å². The highest BCUT2D eigenvalue weighted by Crippen LogP contribution is 2.29. The summed E-state index contributed by atoms with van der Waals surface area (Å²) in [6, 6.07) is 23.0. The monoisotopic (exact) mass is 381 g/mol. The van der Waals surface area contributed by atoms with E-state index in [-0.39, 0.29) is 0 Å². The molecule has 0 aliphatic heterocycles. The molecule has 0 atom stereocenters. The van der Waals surface area contributed by atoms with Crippen molar-refractivity contribution >= 4 is 5.82 Å². The molecular formula is C21H15N7O. The molecular weight excluding hydrogens is 366 g/mol. The Morgan fingerprint density at radius 2 is 1.38 bits per heavy atom. The van der Waals surface area contributed by atoms with Crippen molar-refractivity contribution in [2.24, 2.45) is 0 Å². The smallest absolute Gasteiger partial charge is 0.253 e. The lowest BCUT2D eigenvalue weighted by atomic mass is 10.1. The lowest BCUT2D eigenvalue weighted by molar-refractivity contribution is 0.585. The predicted octanol–water partition coefficient (Wildman–Crippen LogP) is 3.63. The molecule has 2 N–H and O–H groups in total. The van der Waals surface area contributed by atoms with Crippen LogP contribution in [0.2, 0.25) is 0 Å². The van der Waals surface area contributed by atoms with E-state index in [2.05, 4.69) is 25.5 Å². The van der Waals surface area contributed by atoms with Crippen molar-refractivity contribution in [2.75, 3.05) is 5.73 Å². The third kappa shape index (κ3) is 3.12. The van der Waals surface area contributed by atoms with Gasteiger partial charge in [-0.2, -0.15) is 9.78 Å². The van der Waals surface area contributed by atoms with Crippen molar-refractivity contribution in [1.82, 2.24) is 30.2 Å². The van der Waals surface area contributed by atoms with Crippen molar-refractivity contribution in [3.8, 4) is 40.0 Å². The Labute approximate surface area is 165 Å². The van der Waals surface area contributed by atoms with Gasteiger partial charge in [0.15, 0.2) is 5.82 Å². The van der Waals surface area contributed by atoms with Crippen molar-refractivity contribution in [3.63, 3.8) is 0 Å². The molecule has 5 rings (SSSR count). The van der Waals surface area contributed by atoms with Crippen LogP contribution in [-0.4, -0.2) is 30.2 Å². The van der Waals surface area contributed by atoms with Gasteiger partial charge in [-0.1, -0.05) is 48.5 Å². The number of anilines is 1. The highest BCUT2D eigenvalue weighted by atomic mass is 16.4. The zero-order valence-corrected chi connectivity index (χ0v) is 15.2. The maximum absolute atomic E-state index is 6.27. The third-order valence-electron chi connectivity index (χ3n) is 4.42. The molecule has 0 saturated heterocycles. The SMILES string of the molecule is Nc1c(-c2nnc(-c3ccccc3)o2)cnn1-c1ccc(-c2ccccc2)nn1. The lowest BCUT2D eigenvalue weighted by Crippen LogP contribution is -2.05. The number of rotatable bonds is 4. The van der Waals surface area contributed by atoms with Crippen LogP contribution in [0.5, 0.6) is 0 Å². The minimum Gasteiger partial charge on any atom is -0.416 e. The second-order valence-corrected chi connectivity index (χ2v) is 6.28. The van der Waals surface area contributed by atoms with E-state index in [9.17, 15) is 0 Å². The highest BCUT2D eigenvalue weighted by molar-refractivity contribution is 5.69. The van der Waals surface area contributed by atoms with Crippen LogP contribution < -0.4 is 5.73 Å². The van der Waals surface area contributed by atoms with Gasteiger partial charge in [-0.15, -0.1) is 20.4 Å². The molecule has 3 aromatic heterocycles. The Bertz CT molecular complexity index is 1250. The largest absolute Gasteiger partial charge is 0.416 e.